The van der Waals surface area contributed by atoms with Crippen molar-refractivity contribution in [1.82, 2.24) is 15.5 Å². The van der Waals surface area contributed by atoms with Gasteiger partial charge in [0.05, 0.1) is 0 Å². The minimum absolute atomic E-state index is 0. The third-order valence-electron chi connectivity index (χ3n) is 4.15. The predicted molar refractivity (Wildman–Crippen MR) is 105 cm³/mol. The van der Waals surface area contributed by atoms with Gasteiger partial charge in [0.1, 0.15) is 11.6 Å². The summed E-state index contributed by atoms with van der Waals surface area (Å²) in [5.74, 6) is -0.223. The van der Waals surface area contributed by atoms with E-state index in [0.29, 0.717) is 17.6 Å². The summed E-state index contributed by atoms with van der Waals surface area (Å²) in [7, 11) is 1.68. The van der Waals surface area contributed by atoms with Crippen molar-refractivity contribution in [3.63, 3.8) is 0 Å². The first-order valence-corrected chi connectivity index (χ1v) is 8.25. The van der Waals surface area contributed by atoms with E-state index >= 15 is 0 Å². The van der Waals surface area contributed by atoms with Crippen molar-refractivity contribution >= 4 is 29.9 Å². The Bertz CT molecular complexity index is 531. The Morgan fingerprint density at radius 1 is 1.29 bits per heavy atom. The summed E-state index contributed by atoms with van der Waals surface area (Å²) in [6.45, 7) is 5.72. The van der Waals surface area contributed by atoms with Crippen LogP contribution < -0.4 is 10.6 Å². The summed E-state index contributed by atoms with van der Waals surface area (Å²) in [5, 5.41) is 6.42. The summed E-state index contributed by atoms with van der Waals surface area (Å²) in [6.07, 6.45) is 3.31. The highest BCUT2D eigenvalue weighted by atomic mass is 127. The maximum Gasteiger partial charge on any atom is 0.191 e. The molecule has 1 aromatic rings. The zero-order valence-electron chi connectivity index (χ0n) is 14.3. The fraction of sp³-hybridized carbons (Fsp3) is 0.588. The minimum atomic E-state index is -0.436. The number of benzene rings is 1. The number of nitrogens with one attached hydrogen (secondary N) is 2. The van der Waals surface area contributed by atoms with E-state index in [9.17, 15) is 8.78 Å². The molecule has 1 heterocycles. The number of nitrogens with zero attached hydrogens (tertiary/aromatic N) is 2. The molecule has 2 N–H and O–H groups in total. The number of likely N-dealkylation sites (tertiary alicyclic amines) is 1. The first-order chi connectivity index (χ1) is 11.1. The van der Waals surface area contributed by atoms with Crippen molar-refractivity contribution < 1.29 is 8.78 Å². The summed E-state index contributed by atoms with van der Waals surface area (Å²) in [4.78, 5) is 6.64. The van der Waals surface area contributed by atoms with Crippen LogP contribution in [0.15, 0.2) is 23.2 Å². The van der Waals surface area contributed by atoms with E-state index in [1.54, 1.807) is 7.05 Å². The lowest BCUT2D eigenvalue weighted by molar-refractivity contribution is 0.206. The average molecular weight is 452 g/mol. The van der Waals surface area contributed by atoms with E-state index in [1.807, 2.05) is 0 Å². The van der Waals surface area contributed by atoms with Crippen LogP contribution in [0.25, 0.3) is 0 Å². The van der Waals surface area contributed by atoms with Gasteiger partial charge in [0.15, 0.2) is 5.96 Å². The molecule has 0 unspecified atom stereocenters. The number of hydrogen-bond acceptors (Lipinski definition) is 2. The topological polar surface area (TPSA) is 39.7 Å². The maximum atomic E-state index is 13.6. The van der Waals surface area contributed by atoms with Gasteiger partial charge in [-0.1, -0.05) is 6.92 Å². The molecule has 0 saturated carbocycles. The van der Waals surface area contributed by atoms with Crippen molar-refractivity contribution in [1.29, 1.82) is 0 Å². The summed E-state index contributed by atoms with van der Waals surface area (Å²) < 4.78 is 26.8. The van der Waals surface area contributed by atoms with Crippen LogP contribution in [0.1, 0.15) is 31.7 Å². The number of rotatable bonds is 5. The van der Waals surface area contributed by atoms with Crippen molar-refractivity contribution in [2.75, 3.05) is 26.7 Å². The molecule has 0 bridgehead atoms. The lowest BCUT2D eigenvalue weighted by atomic mass is 10.1. The molecule has 0 amide bonds. The molecule has 1 aliphatic heterocycles. The fourth-order valence-corrected chi connectivity index (χ4v) is 2.86. The largest absolute Gasteiger partial charge is 0.354 e. The highest BCUT2D eigenvalue weighted by molar-refractivity contribution is 14.0. The lowest BCUT2D eigenvalue weighted by Gasteiger charge is -2.32. The molecule has 1 aromatic carbocycles. The van der Waals surface area contributed by atoms with Gasteiger partial charge in [0.25, 0.3) is 0 Å². The predicted octanol–water partition coefficient (Wildman–Crippen LogP) is 3.12. The Labute approximate surface area is 160 Å². The van der Waals surface area contributed by atoms with E-state index in [0.717, 1.165) is 44.6 Å². The SMILES string of the molecule is CCCN1CCC(NC(=NC)NCc2cc(F)ccc2F)CC1.I. The van der Waals surface area contributed by atoms with Crippen molar-refractivity contribution in [2.24, 2.45) is 4.99 Å². The van der Waals surface area contributed by atoms with Gasteiger partial charge < -0.3 is 15.5 Å². The molecular formula is C17H27F2IN4. The average Bonchev–Trinajstić information content (AvgIpc) is 2.56. The number of piperidine rings is 1. The molecule has 136 valence electrons. The number of hydrogen-bond donors (Lipinski definition) is 2. The second-order valence-electron chi connectivity index (χ2n) is 5.92. The molecule has 0 spiro atoms. The molecule has 1 saturated heterocycles. The highest BCUT2D eigenvalue weighted by Gasteiger charge is 2.19. The normalized spacial score (nSPS) is 16.6. The second-order valence-corrected chi connectivity index (χ2v) is 5.92. The molecule has 24 heavy (non-hydrogen) atoms. The van der Waals surface area contributed by atoms with Crippen LogP contribution in [0.5, 0.6) is 0 Å². The van der Waals surface area contributed by atoms with Crippen LogP contribution >= 0.6 is 24.0 Å². The summed E-state index contributed by atoms with van der Waals surface area (Å²) in [6, 6.07) is 3.84. The van der Waals surface area contributed by atoms with Crippen LogP contribution in [0, 0.1) is 11.6 Å². The van der Waals surface area contributed by atoms with Crippen LogP contribution in [-0.4, -0.2) is 43.6 Å². The Morgan fingerprint density at radius 3 is 2.62 bits per heavy atom. The molecule has 7 heteroatoms. The van der Waals surface area contributed by atoms with E-state index in [1.165, 1.54) is 12.5 Å². The van der Waals surface area contributed by atoms with Gasteiger partial charge in [-0.3, -0.25) is 4.99 Å². The molecule has 0 radical (unpaired) electrons. The summed E-state index contributed by atoms with van der Waals surface area (Å²) in [5.41, 5.74) is 0.297. The Kier molecular flexibility index (Phi) is 9.50. The third-order valence-corrected chi connectivity index (χ3v) is 4.15. The lowest BCUT2D eigenvalue weighted by Crippen LogP contribution is -2.48. The molecule has 1 aliphatic rings. The first-order valence-electron chi connectivity index (χ1n) is 8.25. The zero-order chi connectivity index (χ0) is 16.7. The van der Waals surface area contributed by atoms with Crippen LogP contribution in [0.3, 0.4) is 0 Å². The smallest absolute Gasteiger partial charge is 0.191 e. The standard InChI is InChI=1S/C17H26F2N4.HI/c1-3-8-23-9-6-15(7-10-23)22-17(20-2)21-12-13-11-14(18)4-5-16(13)19;/h4-5,11,15H,3,6-10,12H2,1-2H3,(H2,20,21,22);1H. The van der Waals surface area contributed by atoms with Crippen molar-refractivity contribution in [3.05, 3.63) is 35.4 Å². The fourth-order valence-electron chi connectivity index (χ4n) is 2.86. The molecule has 0 atom stereocenters. The van der Waals surface area contributed by atoms with Gasteiger partial charge in [-0.2, -0.15) is 0 Å². The zero-order valence-corrected chi connectivity index (χ0v) is 16.6. The van der Waals surface area contributed by atoms with E-state index < -0.39 is 11.6 Å². The molecule has 1 fully saturated rings. The highest BCUT2D eigenvalue weighted by Crippen LogP contribution is 2.11. The van der Waals surface area contributed by atoms with E-state index in [-0.39, 0.29) is 30.5 Å². The van der Waals surface area contributed by atoms with Crippen LogP contribution in [0.4, 0.5) is 8.78 Å². The van der Waals surface area contributed by atoms with Crippen LogP contribution in [0.2, 0.25) is 0 Å². The van der Waals surface area contributed by atoms with E-state index in [2.05, 4.69) is 27.4 Å². The first kappa shape index (κ1) is 21.1. The molecule has 0 aliphatic carbocycles. The molecule has 4 nitrogen and oxygen atoms in total. The molecule has 2 rings (SSSR count). The van der Waals surface area contributed by atoms with Gasteiger partial charge in [0, 0.05) is 38.3 Å². The van der Waals surface area contributed by atoms with Gasteiger partial charge in [-0.15, -0.1) is 24.0 Å². The van der Waals surface area contributed by atoms with Crippen molar-refractivity contribution in [3.8, 4) is 0 Å². The third kappa shape index (κ3) is 6.51. The maximum absolute atomic E-state index is 13.6. The summed E-state index contributed by atoms with van der Waals surface area (Å²) >= 11 is 0. The molecule has 0 aromatic heterocycles. The quantitative estimate of drug-likeness (QED) is 0.410. The van der Waals surface area contributed by atoms with Gasteiger partial charge in [-0.25, -0.2) is 8.78 Å². The Morgan fingerprint density at radius 2 is 2.00 bits per heavy atom. The van der Waals surface area contributed by atoms with Crippen LogP contribution in [-0.2, 0) is 6.54 Å². The Balaban J connectivity index is 0.00000288. The number of halogens is 3. The van der Waals surface area contributed by atoms with E-state index in [4.69, 9.17) is 0 Å². The Hall–Kier alpha value is -0.960. The number of guanidine groups is 1. The second kappa shape index (κ2) is 10.8. The van der Waals surface area contributed by atoms with Gasteiger partial charge in [0.2, 0.25) is 0 Å². The number of aliphatic imine (C=N–C) groups is 1. The van der Waals surface area contributed by atoms with Crippen molar-refractivity contribution in [2.45, 2.75) is 38.8 Å². The monoisotopic (exact) mass is 452 g/mol. The minimum Gasteiger partial charge on any atom is -0.354 e. The van der Waals surface area contributed by atoms with Gasteiger partial charge in [-0.05, 0) is 44.0 Å². The molecular weight excluding hydrogens is 425 g/mol. The van der Waals surface area contributed by atoms with Gasteiger partial charge >= 0.3 is 0 Å².